The lowest BCUT2D eigenvalue weighted by Crippen LogP contribution is -2.33. The van der Waals surface area contributed by atoms with Crippen LogP contribution in [0.15, 0.2) is 24.3 Å². The molecule has 0 heterocycles. The Labute approximate surface area is 139 Å². The Morgan fingerprint density at radius 3 is 2.71 bits per heavy atom. The summed E-state index contributed by atoms with van der Waals surface area (Å²) in [5.41, 5.74) is 1.29. The van der Waals surface area contributed by atoms with E-state index in [0.717, 1.165) is 24.5 Å². The fraction of sp³-hybridized carbons (Fsp3) is 0.647. The summed E-state index contributed by atoms with van der Waals surface area (Å²) in [4.78, 5) is 2.46. The summed E-state index contributed by atoms with van der Waals surface area (Å²) in [6.07, 6.45) is 4.53. The van der Waals surface area contributed by atoms with Gasteiger partial charge in [-0.2, -0.15) is 11.8 Å². The van der Waals surface area contributed by atoms with E-state index >= 15 is 0 Å². The zero-order valence-electron chi connectivity index (χ0n) is 13.7. The highest BCUT2D eigenvalue weighted by Gasteiger charge is 2.14. The lowest BCUT2D eigenvalue weighted by molar-refractivity contribution is 0.239. The quantitative estimate of drug-likeness (QED) is 0.683. The number of rotatable bonds is 10. The van der Waals surface area contributed by atoms with Gasteiger partial charge in [0.2, 0.25) is 0 Å². The van der Waals surface area contributed by atoms with Crippen LogP contribution >= 0.6 is 23.4 Å². The Bertz CT molecular complexity index is 400. The number of hydrogen-bond donors (Lipinski definition) is 1. The van der Waals surface area contributed by atoms with Gasteiger partial charge in [-0.15, -0.1) is 0 Å². The monoisotopic (exact) mass is 328 g/mol. The standard InChI is InChI=1S/C17H29ClN2S/c1-5-19-17(15-7-6-8-16(18)13-15)9-11-20(3)14(2)10-12-21-4/h6-8,13-14,17,19H,5,9-12H2,1-4H3. The fourth-order valence-corrected chi connectivity index (χ4v) is 3.19. The highest BCUT2D eigenvalue weighted by Crippen LogP contribution is 2.21. The van der Waals surface area contributed by atoms with Crippen LogP contribution in [0.5, 0.6) is 0 Å². The first kappa shape index (κ1) is 18.8. The molecular formula is C17H29ClN2S. The highest BCUT2D eigenvalue weighted by atomic mass is 35.5. The molecule has 1 N–H and O–H groups in total. The number of hydrogen-bond acceptors (Lipinski definition) is 3. The van der Waals surface area contributed by atoms with Crippen LogP contribution in [0.4, 0.5) is 0 Å². The predicted molar refractivity (Wildman–Crippen MR) is 97.6 cm³/mol. The Balaban J connectivity index is 2.55. The first-order chi connectivity index (χ1) is 10.1. The zero-order chi connectivity index (χ0) is 15.7. The molecule has 0 aliphatic heterocycles. The lowest BCUT2D eigenvalue weighted by Gasteiger charge is -2.27. The predicted octanol–water partition coefficient (Wildman–Crippen LogP) is 4.45. The van der Waals surface area contributed by atoms with E-state index in [1.165, 1.54) is 17.7 Å². The molecule has 0 saturated carbocycles. The van der Waals surface area contributed by atoms with Crippen LogP contribution in [0.3, 0.4) is 0 Å². The molecule has 4 heteroatoms. The Hall–Kier alpha value is -0.220. The van der Waals surface area contributed by atoms with Crippen molar-refractivity contribution >= 4 is 23.4 Å². The van der Waals surface area contributed by atoms with Crippen LogP contribution in [0.2, 0.25) is 5.02 Å². The van der Waals surface area contributed by atoms with Gasteiger partial charge in [-0.25, -0.2) is 0 Å². The van der Waals surface area contributed by atoms with Crippen LogP contribution in [0.1, 0.15) is 38.3 Å². The minimum atomic E-state index is 0.379. The molecule has 2 atom stereocenters. The van der Waals surface area contributed by atoms with Crippen molar-refractivity contribution in [3.05, 3.63) is 34.9 Å². The average Bonchev–Trinajstić information content (AvgIpc) is 2.48. The molecule has 21 heavy (non-hydrogen) atoms. The largest absolute Gasteiger partial charge is 0.310 e. The Kier molecular flexibility index (Phi) is 9.41. The van der Waals surface area contributed by atoms with Crippen molar-refractivity contribution in [2.75, 3.05) is 32.1 Å². The molecule has 0 aromatic heterocycles. The van der Waals surface area contributed by atoms with E-state index in [4.69, 9.17) is 11.6 Å². The molecule has 1 aromatic carbocycles. The summed E-state index contributed by atoms with van der Waals surface area (Å²) in [5, 5.41) is 4.39. The van der Waals surface area contributed by atoms with E-state index in [0.29, 0.717) is 12.1 Å². The minimum absolute atomic E-state index is 0.379. The van der Waals surface area contributed by atoms with Gasteiger partial charge in [0.05, 0.1) is 0 Å². The van der Waals surface area contributed by atoms with Gasteiger partial charge < -0.3 is 10.2 Å². The molecular weight excluding hydrogens is 300 g/mol. The second kappa shape index (κ2) is 10.5. The van der Waals surface area contributed by atoms with Crippen LogP contribution in [0, 0.1) is 0 Å². The third kappa shape index (κ3) is 7.05. The van der Waals surface area contributed by atoms with E-state index in [1.807, 2.05) is 23.9 Å². The van der Waals surface area contributed by atoms with Gasteiger partial charge in [-0.1, -0.05) is 30.7 Å². The Morgan fingerprint density at radius 2 is 2.10 bits per heavy atom. The molecule has 0 saturated heterocycles. The molecule has 1 aromatic rings. The molecule has 2 nitrogen and oxygen atoms in total. The van der Waals surface area contributed by atoms with Crippen LogP contribution in [-0.2, 0) is 0 Å². The molecule has 0 amide bonds. The molecule has 0 bridgehead atoms. The van der Waals surface area contributed by atoms with Crippen molar-refractivity contribution in [2.24, 2.45) is 0 Å². The van der Waals surface area contributed by atoms with E-state index in [9.17, 15) is 0 Å². The van der Waals surface area contributed by atoms with E-state index in [1.54, 1.807) is 0 Å². The smallest absolute Gasteiger partial charge is 0.0409 e. The topological polar surface area (TPSA) is 15.3 Å². The van der Waals surface area contributed by atoms with E-state index < -0.39 is 0 Å². The number of nitrogens with zero attached hydrogens (tertiary/aromatic N) is 1. The van der Waals surface area contributed by atoms with Crippen molar-refractivity contribution in [1.82, 2.24) is 10.2 Å². The second-order valence-corrected chi connectivity index (χ2v) is 6.99. The number of nitrogens with one attached hydrogen (secondary N) is 1. The summed E-state index contributed by atoms with van der Waals surface area (Å²) >= 11 is 8.04. The maximum atomic E-state index is 6.12. The van der Waals surface area contributed by atoms with Crippen LogP contribution in [0.25, 0.3) is 0 Å². The molecule has 0 spiro atoms. The first-order valence-electron chi connectivity index (χ1n) is 7.76. The molecule has 0 radical (unpaired) electrons. The third-order valence-electron chi connectivity index (χ3n) is 3.96. The summed E-state index contributed by atoms with van der Waals surface area (Å²) in [6, 6.07) is 9.22. The van der Waals surface area contributed by atoms with E-state index in [2.05, 4.69) is 49.5 Å². The summed E-state index contributed by atoms with van der Waals surface area (Å²) in [6.45, 7) is 6.54. The first-order valence-corrected chi connectivity index (χ1v) is 9.53. The van der Waals surface area contributed by atoms with Crippen LogP contribution < -0.4 is 5.32 Å². The van der Waals surface area contributed by atoms with Gasteiger partial charge >= 0.3 is 0 Å². The molecule has 0 fully saturated rings. The van der Waals surface area contributed by atoms with Crippen LogP contribution in [-0.4, -0.2) is 43.1 Å². The fourth-order valence-electron chi connectivity index (χ4n) is 2.42. The van der Waals surface area contributed by atoms with Crippen molar-refractivity contribution < 1.29 is 0 Å². The van der Waals surface area contributed by atoms with Gasteiger partial charge in [0.25, 0.3) is 0 Å². The summed E-state index contributed by atoms with van der Waals surface area (Å²) in [5.74, 6) is 1.23. The normalized spacial score (nSPS) is 14.4. The zero-order valence-corrected chi connectivity index (χ0v) is 15.3. The van der Waals surface area contributed by atoms with Crippen molar-refractivity contribution in [3.63, 3.8) is 0 Å². The molecule has 2 unspecified atom stereocenters. The second-order valence-electron chi connectivity index (χ2n) is 5.57. The highest BCUT2D eigenvalue weighted by molar-refractivity contribution is 7.98. The third-order valence-corrected chi connectivity index (χ3v) is 4.84. The Morgan fingerprint density at radius 1 is 1.33 bits per heavy atom. The molecule has 1 rings (SSSR count). The summed E-state index contributed by atoms with van der Waals surface area (Å²) < 4.78 is 0. The van der Waals surface area contributed by atoms with Gasteiger partial charge in [-0.05, 0) is 69.6 Å². The molecule has 0 aliphatic rings. The number of benzene rings is 1. The SMILES string of the molecule is CCNC(CCN(C)C(C)CCSC)c1cccc(Cl)c1. The van der Waals surface area contributed by atoms with Crippen molar-refractivity contribution in [3.8, 4) is 0 Å². The molecule has 0 aliphatic carbocycles. The van der Waals surface area contributed by atoms with E-state index in [-0.39, 0.29) is 0 Å². The number of thioether (sulfide) groups is 1. The van der Waals surface area contributed by atoms with Crippen molar-refractivity contribution in [1.29, 1.82) is 0 Å². The molecule has 120 valence electrons. The van der Waals surface area contributed by atoms with Crippen molar-refractivity contribution in [2.45, 2.75) is 38.8 Å². The average molecular weight is 329 g/mol. The maximum absolute atomic E-state index is 6.12. The lowest BCUT2D eigenvalue weighted by atomic mass is 10.0. The summed E-state index contributed by atoms with van der Waals surface area (Å²) in [7, 11) is 2.23. The van der Waals surface area contributed by atoms with Gasteiger partial charge in [0.15, 0.2) is 0 Å². The van der Waals surface area contributed by atoms with Gasteiger partial charge in [0, 0.05) is 17.1 Å². The minimum Gasteiger partial charge on any atom is -0.310 e. The number of halogens is 1. The maximum Gasteiger partial charge on any atom is 0.0409 e. The van der Waals surface area contributed by atoms with Gasteiger partial charge in [0.1, 0.15) is 0 Å². The van der Waals surface area contributed by atoms with Gasteiger partial charge in [-0.3, -0.25) is 0 Å².